The molecule has 14 nitrogen and oxygen atoms in total. The molecule has 1 aromatic heterocycles. The Morgan fingerprint density at radius 1 is 1.04 bits per heavy atom. The number of alkyl carbamates (subject to hydrolysis) is 1. The van der Waals surface area contributed by atoms with Crippen molar-refractivity contribution in [2.45, 2.75) is 64.9 Å². The highest BCUT2D eigenvalue weighted by molar-refractivity contribution is 6.06. The van der Waals surface area contributed by atoms with Gasteiger partial charge in [-0.1, -0.05) is 18.2 Å². The Balaban J connectivity index is 1.30. The molecule has 1 aliphatic carbocycles. The zero-order chi connectivity index (χ0) is 36.7. The lowest BCUT2D eigenvalue weighted by Gasteiger charge is -2.25. The Hall–Kier alpha value is -6.25. The van der Waals surface area contributed by atoms with Crippen LogP contribution in [0.25, 0.3) is 11.3 Å². The molecule has 0 aliphatic heterocycles. The van der Waals surface area contributed by atoms with E-state index in [2.05, 4.69) is 26.3 Å². The van der Waals surface area contributed by atoms with Gasteiger partial charge in [-0.15, -0.1) is 0 Å². The largest absolute Gasteiger partial charge is 0.507 e. The highest BCUT2D eigenvalue weighted by Crippen LogP contribution is 2.25. The van der Waals surface area contributed by atoms with E-state index in [0.717, 1.165) is 19.3 Å². The molecule has 0 atom stereocenters. The number of nitrogens with one attached hydrogen (secondary N) is 5. The first kappa shape index (κ1) is 36.0. The number of ether oxygens (including phenoxy) is 1. The van der Waals surface area contributed by atoms with Gasteiger partial charge in [0.1, 0.15) is 30.1 Å². The van der Waals surface area contributed by atoms with Gasteiger partial charge < -0.3 is 31.5 Å². The maximum absolute atomic E-state index is 13.6. The van der Waals surface area contributed by atoms with Gasteiger partial charge in [-0.2, -0.15) is 0 Å². The molecule has 8 N–H and O–H groups in total. The fraction of sp³-hybridized carbons (Fsp3) is 0.278. The zero-order valence-electron chi connectivity index (χ0n) is 28.1. The first-order chi connectivity index (χ1) is 24.4. The van der Waals surface area contributed by atoms with Crippen molar-refractivity contribution < 1.29 is 28.6 Å². The minimum atomic E-state index is -0.766. The van der Waals surface area contributed by atoms with Crippen LogP contribution in [-0.4, -0.2) is 50.5 Å². The number of phenolic OH excluding ortho intramolecular Hbond substituents is 1. The van der Waals surface area contributed by atoms with Gasteiger partial charge in [0, 0.05) is 35.9 Å². The van der Waals surface area contributed by atoms with Gasteiger partial charge in [-0.05, 0) is 86.7 Å². The molecular weight excluding hydrogens is 659 g/mol. The highest BCUT2D eigenvalue weighted by Gasteiger charge is 2.23. The number of phenols is 1. The molecule has 3 aromatic carbocycles. The molecule has 5 rings (SSSR count). The normalized spacial score (nSPS) is 12.5. The van der Waals surface area contributed by atoms with Crippen molar-refractivity contribution in [2.24, 2.45) is 0 Å². The number of nitrogens with zero attached hydrogens (tertiary/aromatic N) is 2. The summed E-state index contributed by atoms with van der Waals surface area (Å²) in [4.78, 5) is 56.3. The number of nitrogens with two attached hydrogens (primary N) is 1. The number of amides is 3. The Kier molecular flexibility index (Phi) is 11.3. The summed E-state index contributed by atoms with van der Waals surface area (Å²) in [5.41, 5.74) is 7.86. The molecule has 266 valence electrons. The van der Waals surface area contributed by atoms with E-state index in [-0.39, 0.29) is 65.1 Å². The second-order valence-electron chi connectivity index (χ2n) is 12.4. The van der Waals surface area contributed by atoms with E-state index in [0.29, 0.717) is 16.7 Å². The lowest BCUT2D eigenvalue weighted by Crippen LogP contribution is -2.36. The topological polar surface area (TPSA) is 214 Å². The number of rotatable bonds is 12. The van der Waals surface area contributed by atoms with E-state index < -0.39 is 35.8 Å². The van der Waals surface area contributed by atoms with Crippen LogP contribution in [-0.2, 0) is 29.2 Å². The van der Waals surface area contributed by atoms with Crippen molar-refractivity contribution in [3.05, 3.63) is 105 Å². The summed E-state index contributed by atoms with van der Waals surface area (Å²) in [6.45, 7) is 3.35. The molecular formula is C36H39FN8O6. The van der Waals surface area contributed by atoms with Crippen molar-refractivity contribution in [1.29, 1.82) is 5.41 Å². The SMILES string of the molecule is CC(C)Nc1ncc(-c2cc(N)cc(C(=O)NCc3ccc(F)cc3)c2)n(CC(=O)NCc2ccc(C(=N)NC(=O)OC3CCC3)c(O)c2)c1=O. The van der Waals surface area contributed by atoms with Crippen LogP contribution < -0.4 is 32.6 Å². The Bertz CT molecular complexity index is 2010. The van der Waals surface area contributed by atoms with Crippen molar-refractivity contribution in [3.63, 3.8) is 0 Å². The third-order valence-electron chi connectivity index (χ3n) is 8.04. The van der Waals surface area contributed by atoms with Crippen molar-refractivity contribution in [3.8, 4) is 17.0 Å². The number of amidine groups is 1. The maximum Gasteiger partial charge on any atom is 0.413 e. The lowest BCUT2D eigenvalue weighted by molar-refractivity contribution is -0.121. The Labute approximate surface area is 292 Å². The number of anilines is 2. The molecule has 3 amide bonds. The third kappa shape index (κ3) is 9.47. The molecule has 0 unspecified atom stereocenters. The summed E-state index contributed by atoms with van der Waals surface area (Å²) >= 11 is 0. The van der Waals surface area contributed by atoms with Gasteiger partial charge in [-0.25, -0.2) is 14.2 Å². The predicted octanol–water partition coefficient (Wildman–Crippen LogP) is 4.01. The number of carbonyl (C=O) groups is 3. The lowest BCUT2D eigenvalue weighted by atomic mass is 9.96. The zero-order valence-corrected chi connectivity index (χ0v) is 28.1. The summed E-state index contributed by atoms with van der Waals surface area (Å²) in [6.07, 6.45) is 3.02. The number of hydrogen-bond acceptors (Lipinski definition) is 10. The van der Waals surface area contributed by atoms with Gasteiger partial charge in [0.05, 0.1) is 17.5 Å². The molecule has 15 heteroatoms. The molecule has 1 heterocycles. The van der Waals surface area contributed by atoms with Crippen LogP contribution >= 0.6 is 0 Å². The molecule has 0 radical (unpaired) electrons. The molecule has 1 fully saturated rings. The number of nitrogen functional groups attached to an aromatic ring is 1. The molecule has 51 heavy (non-hydrogen) atoms. The van der Waals surface area contributed by atoms with Gasteiger partial charge in [0.25, 0.3) is 11.5 Å². The standard InChI is InChI=1S/C36H39FN8O6/c1-20(2)43-33-35(49)45(19-31(47)40-17-22-8-11-28(30(46)12-22)32(39)44-36(50)51-27-4-3-5-27)29(18-41-33)23-13-24(15-26(38)14-23)34(48)42-16-21-6-9-25(37)10-7-21/h6-15,18,20,27,46H,3-5,16-17,19,38H2,1-2H3,(H,40,47)(H,41,43)(H,42,48)(H2,39,44,50). The molecule has 0 bridgehead atoms. The fourth-order valence-corrected chi connectivity index (χ4v) is 5.20. The first-order valence-electron chi connectivity index (χ1n) is 16.3. The van der Waals surface area contributed by atoms with Gasteiger partial charge in [0.15, 0.2) is 5.82 Å². The van der Waals surface area contributed by atoms with Crippen LogP contribution in [0.15, 0.2) is 71.7 Å². The number of halogens is 1. The number of benzene rings is 3. The average Bonchev–Trinajstić information content (AvgIpc) is 3.06. The van der Waals surface area contributed by atoms with Crippen LogP contribution in [0.4, 0.5) is 20.7 Å². The number of carbonyl (C=O) groups excluding carboxylic acids is 3. The predicted molar refractivity (Wildman–Crippen MR) is 189 cm³/mol. The minimum Gasteiger partial charge on any atom is -0.507 e. The minimum absolute atomic E-state index is 0.0239. The van der Waals surface area contributed by atoms with Crippen LogP contribution in [0.2, 0.25) is 0 Å². The summed E-state index contributed by atoms with van der Waals surface area (Å²) < 4.78 is 19.7. The van der Waals surface area contributed by atoms with Gasteiger partial charge >= 0.3 is 6.09 Å². The maximum atomic E-state index is 13.6. The monoisotopic (exact) mass is 698 g/mol. The molecule has 1 aliphatic rings. The summed E-state index contributed by atoms with van der Waals surface area (Å²) in [5.74, 6) is -1.99. The number of aromatic nitrogens is 2. The Morgan fingerprint density at radius 2 is 1.75 bits per heavy atom. The van der Waals surface area contributed by atoms with Crippen LogP contribution in [0, 0.1) is 11.2 Å². The second kappa shape index (κ2) is 16.0. The smallest absolute Gasteiger partial charge is 0.413 e. The first-order valence-corrected chi connectivity index (χ1v) is 16.3. The Morgan fingerprint density at radius 3 is 2.41 bits per heavy atom. The number of aromatic hydroxyl groups is 1. The third-order valence-corrected chi connectivity index (χ3v) is 8.04. The van der Waals surface area contributed by atoms with E-state index in [9.17, 15) is 28.7 Å². The molecule has 4 aromatic rings. The van der Waals surface area contributed by atoms with E-state index in [4.69, 9.17) is 15.9 Å². The summed E-state index contributed by atoms with van der Waals surface area (Å²) in [5, 5.41) is 29.5. The molecule has 1 saturated carbocycles. The van der Waals surface area contributed by atoms with Crippen LogP contribution in [0.3, 0.4) is 0 Å². The molecule has 0 spiro atoms. The van der Waals surface area contributed by atoms with E-state index >= 15 is 0 Å². The van der Waals surface area contributed by atoms with Gasteiger partial charge in [-0.3, -0.25) is 29.7 Å². The highest BCUT2D eigenvalue weighted by atomic mass is 19.1. The summed E-state index contributed by atoms with van der Waals surface area (Å²) in [7, 11) is 0. The average molecular weight is 699 g/mol. The molecule has 0 saturated heterocycles. The van der Waals surface area contributed by atoms with E-state index in [1.165, 1.54) is 47.2 Å². The van der Waals surface area contributed by atoms with Crippen molar-refractivity contribution in [2.75, 3.05) is 11.1 Å². The van der Waals surface area contributed by atoms with E-state index in [1.54, 1.807) is 24.3 Å². The van der Waals surface area contributed by atoms with Gasteiger partial charge in [0.2, 0.25) is 5.91 Å². The summed E-state index contributed by atoms with van der Waals surface area (Å²) in [6, 6.07) is 14.5. The number of hydrogen-bond donors (Lipinski definition) is 7. The fourth-order valence-electron chi connectivity index (χ4n) is 5.20. The van der Waals surface area contributed by atoms with Crippen LogP contribution in [0.5, 0.6) is 5.75 Å². The van der Waals surface area contributed by atoms with E-state index in [1.807, 2.05) is 13.8 Å². The van der Waals surface area contributed by atoms with Crippen molar-refractivity contribution >= 4 is 35.2 Å². The quantitative estimate of drug-likeness (QED) is 0.0646. The van der Waals surface area contributed by atoms with Crippen molar-refractivity contribution in [1.82, 2.24) is 25.5 Å². The second-order valence-corrected chi connectivity index (χ2v) is 12.4. The van der Waals surface area contributed by atoms with Crippen LogP contribution in [0.1, 0.15) is 60.2 Å².